The molecule has 2 N–H and O–H groups in total. The summed E-state index contributed by atoms with van der Waals surface area (Å²) in [6.07, 6.45) is 6.69. The Morgan fingerprint density at radius 1 is 1.18 bits per heavy atom. The van der Waals surface area contributed by atoms with E-state index in [-0.39, 0.29) is 10.9 Å². The van der Waals surface area contributed by atoms with E-state index in [0.717, 1.165) is 25.7 Å². The summed E-state index contributed by atoms with van der Waals surface area (Å²) in [6, 6.07) is 4.50. The van der Waals surface area contributed by atoms with Gasteiger partial charge in [0.05, 0.1) is 16.5 Å². The lowest BCUT2D eigenvalue weighted by molar-refractivity contribution is 0.623. The van der Waals surface area contributed by atoms with Gasteiger partial charge in [0.1, 0.15) is 5.82 Å². The highest BCUT2D eigenvalue weighted by Crippen LogP contribution is 2.26. The van der Waals surface area contributed by atoms with Crippen molar-refractivity contribution in [3.63, 3.8) is 0 Å². The van der Waals surface area contributed by atoms with Crippen LogP contribution in [-0.2, 0) is 10.8 Å². The van der Waals surface area contributed by atoms with E-state index >= 15 is 0 Å². The zero-order valence-electron chi connectivity index (χ0n) is 9.82. The highest BCUT2D eigenvalue weighted by Gasteiger charge is 2.20. The minimum Gasteiger partial charge on any atom is -0.396 e. The summed E-state index contributed by atoms with van der Waals surface area (Å²) in [4.78, 5) is 0.573. The maximum Gasteiger partial charge on any atom is 0.147 e. The minimum absolute atomic E-state index is 0.117. The number of rotatable bonds is 2. The maximum absolute atomic E-state index is 13.3. The molecule has 1 aliphatic carbocycles. The Morgan fingerprint density at radius 2 is 1.82 bits per heavy atom. The molecule has 1 aromatic carbocycles. The van der Waals surface area contributed by atoms with Crippen LogP contribution in [0.2, 0.25) is 0 Å². The molecular weight excluding hydrogens is 237 g/mol. The van der Waals surface area contributed by atoms with Crippen molar-refractivity contribution in [1.82, 2.24) is 0 Å². The summed E-state index contributed by atoms with van der Waals surface area (Å²) >= 11 is 0. The second kappa shape index (κ2) is 5.63. The lowest BCUT2D eigenvalue weighted by Crippen LogP contribution is -2.14. The number of halogens is 1. The number of benzene rings is 1. The molecule has 2 rings (SSSR count). The fraction of sp³-hybridized carbons (Fsp3) is 0.538. The molecule has 0 amide bonds. The molecule has 4 heteroatoms. The van der Waals surface area contributed by atoms with Gasteiger partial charge in [0.25, 0.3) is 0 Å². The van der Waals surface area contributed by atoms with Crippen LogP contribution in [0.4, 0.5) is 10.1 Å². The van der Waals surface area contributed by atoms with Crippen LogP contribution in [0.25, 0.3) is 0 Å². The number of nitrogens with two attached hydrogens (primary N) is 1. The topological polar surface area (TPSA) is 43.1 Å². The van der Waals surface area contributed by atoms with Gasteiger partial charge in [0, 0.05) is 10.1 Å². The first-order valence-electron chi connectivity index (χ1n) is 6.14. The smallest absolute Gasteiger partial charge is 0.147 e. The van der Waals surface area contributed by atoms with E-state index in [2.05, 4.69) is 0 Å². The largest absolute Gasteiger partial charge is 0.396 e. The van der Waals surface area contributed by atoms with E-state index in [0.29, 0.717) is 4.90 Å². The SMILES string of the molecule is Nc1ccc(S(=O)C2CCCCCC2)cc1F. The third-order valence-corrected chi connectivity index (χ3v) is 5.10. The molecule has 1 fully saturated rings. The van der Waals surface area contributed by atoms with Crippen LogP contribution in [-0.4, -0.2) is 9.46 Å². The molecule has 1 aliphatic rings. The highest BCUT2D eigenvalue weighted by atomic mass is 32.2. The number of anilines is 1. The first kappa shape index (κ1) is 12.6. The van der Waals surface area contributed by atoms with Crippen LogP contribution in [0.1, 0.15) is 38.5 Å². The van der Waals surface area contributed by atoms with E-state index in [4.69, 9.17) is 5.73 Å². The van der Waals surface area contributed by atoms with Crippen molar-refractivity contribution in [1.29, 1.82) is 0 Å². The van der Waals surface area contributed by atoms with Crippen molar-refractivity contribution < 1.29 is 8.60 Å². The van der Waals surface area contributed by atoms with Gasteiger partial charge in [-0.2, -0.15) is 0 Å². The molecule has 0 radical (unpaired) electrons. The third-order valence-electron chi connectivity index (χ3n) is 3.31. The Bertz CT molecular complexity index is 414. The quantitative estimate of drug-likeness (QED) is 0.651. The summed E-state index contributed by atoms with van der Waals surface area (Å²) in [5, 5.41) is 0.181. The van der Waals surface area contributed by atoms with E-state index in [1.54, 1.807) is 6.07 Å². The van der Waals surface area contributed by atoms with Gasteiger partial charge >= 0.3 is 0 Å². The van der Waals surface area contributed by atoms with Crippen molar-refractivity contribution in [2.75, 3.05) is 5.73 Å². The first-order valence-corrected chi connectivity index (χ1v) is 7.35. The molecule has 2 nitrogen and oxygen atoms in total. The van der Waals surface area contributed by atoms with Crippen LogP contribution >= 0.6 is 0 Å². The van der Waals surface area contributed by atoms with Gasteiger partial charge in [-0.05, 0) is 31.0 Å². The second-order valence-electron chi connectivity index (χ2n) is 4.59. The van der Waals surface area contributed by atoms with Crippen molar-refractivity contribution in [2.24, 2.45) is 0 Å². The molecule has 0 saturated heterocycles. The lowest BCUT2D eigenvalue weighted by Gasteiger charge is -2.13. The standard InChI is InChI=1S/C13H18FNOS/c14-12-9-11(7-8-13(12)15)17(16)10-5-3-1-2-4-6-10/h7-10H,1-6,15H2. The van der Waals surface area contributed by atoms with Gasteiger partial charge in [-0.3, -0.25) is 4.21 Å². The van der Waals surface area contributed by atoms with E-state index < -0.39 is 16.6 Å². The molecule has 1 atom stereocenters. The minimum atomic E-state index is -1.10. The Balaban J connectivity index is 2.14. The average molecular weight is 255 g/mol. The molecule has 1 saturated carbocycles. The molecule has 17 heavy (non-hydrogen) atoms. The van der Waals surface area contributed by atoms with Crippen LogP contribution in [0.15, 0.2) is 23.1 Å². The molecule has 0 spiro atoms. The number of hydrogen-bond donors (Lipinski definition) is 1. The van der Waals surface area contributed by atoms with Crippen LogP contribution in [0.5, 0.6) is 0 Å². The van der Waals surface area contributed by atoms with Gasteiger partial charge < -0.3 is 5.73 Å². The molecule has 0 aliphatic heterocycles. The lowest BCUT2D eigenvalue weighted by atomic mass is 10.2. The Labute approximate surface area is 104 Å². The van der Waals surface area contributed by atoms with Crippen molar-refractivity contribution in [2.45, 2.75) is 48.7 Å². The molecule has 0 aromatic heterocycles. The van der Waals surface area contributed by atoms with Gasteiger partial charge in [-0.25, -0.2) is 4.39 Å². The molecular formula is C13H18FNOS. The summed E-state index contributed by atoms with van der Waals surface area (Å²) < 4.78 is 25.6. The predicted molar refractivity (Wildman–Crippen MR) is 68.7 cm³/mol. The Hall–Kier alpha value is -0.900. The third kappa shape index (κ3) is 3.06. The van der Waals surface area contributed by atoms with Crippen molar-refractivity contribution in [3.8, 4) is 0 Å². The molecule has 1 unspecified atom stereocenters. The molecule has 94 valence electrons. The molecule has 0 bridgehead atoms. The first-order chi connectivity index (χ1) is 8.18. The fourth-order valence-corrected chi connectivity index (χ4v) is 3.85. The van der Waals surface area contributed by atoms with Gasteiger partial charge in [-0.1, -0.05) is 25.7 Å². The zero-order valence-corrected chi connectivity index (χ0v) is 10.6. The van der Waals surface area contributed by atoms with Gasteiger partial charge in [0.15, 0.2) is 0 Å². The average Bonchev–Trinajstić information content (AvgIpc) is 2.60. The van der Waals surface area contributed by atoms with Gasteiger partial charge in [0.2, 0.25) is 0 Å². The molecule has 0 heterocycles. The van der Waals surface area contributed by atoms with Crippen LogP contribution < -0.4 is 5.73 Å². The second-order valence-corrected chi connectivity index (χ2v) is 6.33. The monoisotopic (exact) mass is 255 g/mol. The summed E-state index contributed by atoms with van der Waals surface area (Å²) in [6.45, 7) is 0. The summed E-state index contributed by atoms with van der Waals surface area (Å²) in [5.41, 5.74) is 5.54. The molecule has 1 aromatic rings. The van der Waals surface area contributed by atoms with Gasteiger partial charge in [-0.15, -0.1) is 0 Å². The normalized spacial score (nSPS) is 19.8. The summed E-state index contributed by atoms with van der Waals surface area (Å²) in [7, 11) is -1.10. The number of hydrogen-bond acceptors (Lipinski definition) is 2. The van der Waals surface area contributed by atoms with Crippen molar-refractivity contribution >= 4 is 16.5 Å². The van der Waals surface area contributed by atoms with E-state index in [1.165, 1.54) is 25.0 Å². The number of nitrogen functional groups attached to an aromatic ring is 1. The Kier molecular flexibility index (Phi) is 4.15. The van der Waals surface area contributed by atoms with Crippen molar-refractivity contribution in [3.05, 3.63) is 24.0 Å². The Morgan fingerprint density at radius 3 is 2.41 bits per heavy atom. The maximum atomic E-state index is 13.3. The summed E-state index contributed by atoms with van der Waals surface area (Å²) in [5.74, 6) is -0.468. The van der Waals surface area contributed by atoms with E-state index in [9.17, 15) is 8.60 Å². The fourth-order valence-electron chi connectivity index (χ4n) is 2.28. The highest BCUT2D eigenvalue weighted by molar-refractivity contribution is 7.85. The van der Waals surface area contributed by atoms with Crippen LogP contribution in [0.3, 0.4) is 0 Å². The zero-order chi connectivity index (χ0) is 12.3. The predicted octanol–water partition coefficient (Wildman–Crippen LogP) is 3.24. The van der Waals surface area contributed by atoms with E-state index in [1.807, 2.05) is 0 Å². The van der Waals surface area contributed by atoms with Crippen LogP contribution in [0, 0.1) is 5.82 Å².